The van der Waals surface area contributed by atoms with Gasteiger partial charge in [-0.2, -0.15) is 0 Å². The highest BCUT2D eigenvalue weighted by Crippen LogP contribution is 2.11. The lowest BCUT2D eigenvalue weighted by atomic mass is 10.1. The number of carbonyl (C=O) groups excluding carboxylic acids is 4. The lowest BCUT2D eigenvalue weighted by Crippen LogP contribution is -2.53. The zero-order valence-electron chi connectivity index (χ0n) is 19.1. The van der Waals surface area contributed by atoms with Gasteiger partial charge >= 0.3 is 5.97 Å². The van der Waals surface area contributed by atoms with Crippen LogP contribution in [0.25, 0.3) is 0 Å². The van der Waals surface area contributed by atoms with Crippen LogP contribution >= 0.6 is 0 Å². The Labute approximate surface area is 197 Å². The first-order chi connectivity index (χ1) is 16.2. The van der Waals surface area contributed by atoms with Crippen LogP contribution in [0, 0.1) is 0 Å². The van der Waals surface area contributed by atoms with Crippen LogP contribution in [0.1, 0.15) is 18.1 Å². The zero-order valence-corrected chi connectivity index (χ0v) is 19.1. The van der Waals surface area contributed by atoms with E-state index in [0.717, 1.165) is 11.1 Å². The molecule has 0 spiro atoms. The Morgan fingerprint density at radius 1 is 0.912 bits per heavy atom. The molecule has 182 valence electrons. The highest BCUT2D eigenvalue weighted by atomic mass is 16.5. The first-order valence-electron chi connectivity index (χ1n) is 10.7. The number of rotatable bonds is 11. The number of nitrogens with one attached hydrogen (secondary N) is 3. The summed E-state index contributed by atoms with van der Waals surface area (Å²) in [6.07, 6.45) is 0.456. The van der Waals surface area contributed by atoms with E-state index in [2.05, 4.69) is 16.0 Å². The molecule has 0 fully saturated rings. The van der Waals surface area contributed by atoms with Crippen LogP contribution in [-0.4, -0.2) is 60.6 Å². The number of benzene rings is 2. The van der Waals surface area contributed by atoms with Crippen molar-refractivity contribution in [3.63, 3.8) is 0 Å². The summed E-state index contributed by atoms with van der Waals surface area (Å²) in [5, 5.41) is 16.8. The molecule has 0 aliphatic heterocycles. The Kier molecular flexibility index (Phi) is 10.0. The molecule has 0 aromatic heterocycles. The number of esters is 1. The van der Waals surface area contributed by atoms with E-state index in [-0.39, 0.29) is 25.1 Å². The molecule has 2 aromatic carbocycles. The number of methoxy groups -OCH3 is 1. The third kappa shape index (κ3) is 8.55. The van der Waals surface area contributed by atoms with Gasteiger partial charge in [-0.3, -0.25) is 14.4 Å². The average Bonchev–Trinajstić information content (AvgIpc) is 2.83. The van der Waals surface area contributed by atoms with Crippen molar-refractivity contribution >= 4 is 23.7 Å². The van der Waals surface area contributed by atoms with Crippen molar-refractivity contribution in [1.29, 1.82) is 0 Å². The SMILES string of the molecule is COC(=O)[C@H](Cc1ccccc1)NC(=O)CNC(=O)[C@H](C)NC(=O)[C@@H](N)Cc1ccc(O)cc1. The molecular weight excluding hydrogens is 440 g/mol. The Morgan fingerprint density at radius 2 is 1.53 bits per heavy atom. The topological polar surface area (TPSA) is 160 Å². The van der Waals surface area contributed by atoms with E-state index in [4.69, 9.17) is 10.5 Å². The molecule has 0 unspecified atom stereocenters. The van der Waals surface area contributed by atoms with Gasteiger partial charge in [0.15, 0.2) is 0 Å². The van der Waals surface area contributed by atoms with Crippen molar-refractivity contribution in [1.82, 2.24) is 16.0 Å². The van der Waals surface area contributed by atoms with Gasteiger partial charge in [-0.15, -0.1) is 0 Å². The van der Waals surface area contributed by atoms with Gasteiger partial charge in [-0.05, 0) is 36.6 Å². The van der Waals surface area contributed by atoms with Crippen LogP contribution in [0.15, 0.2) is 54.6 Å². The maximum atomic E-state index is 12.3. The van der Waals surface area contributed by atoms with Crippen LogP contribution in [0.5, 0.6) is 5.75 Å². The monoisotopic (exact) mass is 470 g/mol. The van der Waals surface area contributed by atoms with Crippen molar-refractivity contribution < 1.29 is 29.0 Å². The van der Waals surface area contributed by atoms with Crippen LogP contribution in [-0.2, 0) is 36.8 Å². The molecule has 6 N–H and O–H groups in total. The van der Waals surface area contributed by atoms with E-state index in [0.29, 0.717) is 0 Å². The summed E-state index contributed by atoms with van der Waals surface area (Å²) in [5.41, 5.74) is 7.49. The number of ether oxygens (including phenoxy) is 1. The van der Waals surface area contributed by atoms with Gasteiger partial charge in [0.25, 0.3) is 0 Å². The molecule has 2 rings (SSSR count). The van der Waals surface area contributed by atoms with Gasteiger partial charge in [-0.25, -0.2) is 4.79 Å². The number of amides is 3. The Morgan fingerprint density at radius 3 is 2.15 bits per heavy atom. The standard InChI is InChI=1S/C24H30N4O6/c1-15(27-23(32)19(25)12-17-8-10-18(29)11-9-17)22(31)26-14-21(30)28-20(24(33)34-2)13-16-6-4-3-5-7-16/h3-11,15,19-20,29H,12-14,25H2,1-2H3,(H,26,31)(H,27,32)(H,28,30)/t15-,19-,20-/m0/s1. The predicted octanol–water partition coefficient (Wildman–Crippen LogP) is -0.217. The molecule has 3 atom stereocenters. The van der Waals surface area contributed by atoms with Crippen LogP contribution in [0.2, 0.25) is 0 Å². The number of phenols is 1. The van der Waals surface area contributed by atoms with Crippen LogP contribution < -0.4 is 21.7 Å². The van der Waals surface area contributed by atoms with E-state index in [9.17, 15) is 24.3 Å². The molecule has 0 aliphatic rings. The maximum absolute atomic E-state index is 12.3. The van der Waals surface area contributed by atoms with Crippen molar-refractivity contribution in [3.05, 3.63) is 65.7 Å². The molecule has 34 heavy (non-hydrogen) atoms. The summed E-state index contributed by atoms with van der Waals surface area (Å²) in [4.78, 5) is 48.9. The first-order valence-corrected chi connectivity index (χ1v) is 10.7. The van der Waals surface area contributed by atoms with Crippen molar-refractivity contribution in [2.75, 3.05) is 13.7 Å². The molecule has 0 radical (unpaired) electrons. The molecule has 3 amide bonds. The molecule has 10 nitrogen and oxygen atoms in total. The zero-order chi connectivity index (χ0) is 25.1. The fourth-order valence-corrected chi connectivity index (χ4v) is 3.12. The lowest BCUT2D eigenvalue weighted by molar-refractivity contribution is -0.145. The highest BCUT2D eigenvalue weighted by molar-refractivity contribution is 5.92. The van der Waals surface area contributed by atoms with Crippen molar-refractivity contribution in [3.8, 4) is 5.75 Å². The third-order valence-electron chi connectivity index (χ3n) is 5.01. The highest BCUT2D eigenvalue weighted by Gasteiger charge is 2.24. The van der Waals surface area contributed by atoms with E-state index in [1.54, 1.807) is 12.1 Å². The van der Waals surface area contributed by atoms with Crippen LogP contribution in [0.3, 0.4) is 0 Å². The molecule has 10 heteroatoms. The van der Waals surface area contributed by atoms with E-state index in [1.807, 2.05) is 30.3 Å². The second-order valence-corrected chi connectivity index (χ2v) is 7.76. The Bertz CT molecular complexity index is 981. The van der Waals surface area contributed by atoms with Crippen molar-refractivity contribution in [2.24, 2.45) is 5.73 Å². The Hall–Kier alpha value is -3.92. The summed E-state index contributed by atoms with van der Waals surface area (Å²) in [5.74, 6) is -2.20. The molecule has 0 bridgehead atoms. The summed E-state index contributed by atoms with van der Waals surface area (Å²) >= 11 is 0. The summed E-state index contributed by atoms with van der Waals surface area (Å²) in [6, 6.07) is 12.6. The maximum Gasteiger partial charge on any atom is 0.328 e. The van der Waals surface area contributed by atoms with Gasteiger partial charge in [0, 0.05) is 6.42 Å². The molecule has 0 aliphatic carbocycles. The number of phenolic OH excluding ortho intramolecular Hbond substituents is 1. The lowest BCUT2D eigenvalue weighted by Gasteiger charge is -2.19. The molecule has 0 saturated heterocycles. The second kappa shape index (κ2) is 12.9. The van der Waals surface area contributed by atoms with E-state index < -0.39 is 41.8 Å². The van der Waals surface area contributed by atoms with Gasteiger partial charge in [0.05, 0.1) is 19.7 Å². The average molecular weight is 471 g/mol. The van der Waals surface area contributed by atoms with Gasteiger partial charge in [-0.1, -0.05) is 42.5 Å². The Balaban J connectivity index is 1.81. The minimum Gasteiger partial charge on any atom is -0.508 e. The normalized spacial score (nSPS) is 13.1. The molecule has 0 heterocycles. The molecule has 2 aromatic rings. The fraction of sp³-hybridized carbons (Fsp3) is 0.333. The quantitative estimate of drug-likeness (QED) is 0.284. The number of nitrogens with two attached hydrogens (primary N) is 1. The second-order valence-electron chi connectivity index (χ2n) is 7.76. The van der Waals surface area contributed by atoms with Gasteiger partial charge in [0.1, 0.15) is 17.8 Å². The predicted molar refractivity (Wildman–Crippen MR) is 124 cm³/mol. The minimum absolute atomic E-state index is 0.106. The van der Waals surface area contributed by atoms with E-state index in [1.165, 1.54) is 26.2 Å². The largest absolute Gasteiger partial charge is 0.508 e. The summed E-state index contributed by atoms with van der Waals surface area (Å²) in [7, 11) is 1.23. The number of hydrogen-bond acceptors (Lipinski definition) is 7. The van der Waals surface area contributed by atoms with Gasteiger partial charge < -0.3 is 31.5 Å². The van der Waals surface area contributed by atoms with Gasteiger partial charge in [0.2, 0.25) is 17.7 Å². The summed E-state index contributed by atoms with van der Waals surface area (Å²) in [6.45, 7) is 1.08. The molecule has 0 saturated carbocycles. The number of carbonyl (C=O) groups is 4. The third-order valence-corrected chi connectivity index (χ3v) is 5.01. The van der Waals surface area contributed by atoms with Crippen molar-refractivity contribution in [2.45, 2.75) is 37.9 Å². The first kappa shape index (κ1) is 26.3. The number of aromatic hydroxyl groups is 1. The smallest absolute Gasteiger partial charge is 0.328 e. The van der Waals surface area contributed by atoms with Crippen LogP contribution in [0.4, 0.5) is 0 Å². The minimum atomic E-state index is -0.938. The summed E-state index contributed by atoms with van der Waals surface area (Å²) < 4.78 is 4.75. The number of hydrogen-bond donors (Lipinski definition) is 5. The van der Waals surface area contributed by atoms with E-state index >= 15 is 0 Å². The molecular formula is C24H30N4O6. The fourth-order valence-electron chi connectivity index (χ4n) is 3.12.